The van der Waals surface area contributed by atoms with Gasteiger partial charge < -0.3 is 10.0 Å². The SMILES string of the molecule is CC(c1cccc(Cl)c1)N(C)c1cnccc1CO. The Hall–Kier alpha value is -1.58. The van der Waals surface area contributed by atoms with Crippen molar-refractivity contribution in [3.63, 3.8) is 0 Å². The van der Waals surface area contributed by atoms with Crippen LogP contribution in [-0.2, 0) is 6.61 Å². The second kappa shape index (κ2) is 6.04. The zero-order valence-electron chi connectivity index (χ0n) is 11.0. The quantitative estimate of drug-likeness (QED) is 0.929. The molecule has 0 spiro atoms. The third-order valence-electron chi connectivity index (χ3n) is 3.35. The zero-order valence-corrected chi connectivity index (χ0v) is 11.8. The smallest absolute Gasteiger partial charge is 0.0703 e. The Morgan fingerprint density at radius 3 is 2.84 bits per heavy atom. The normalized spacial score (nSPS) is 12.2. The second-order valence-electron chi connectivity index (χ2n) is 4.50. The average molecular weight is 277 g/mol. The van der Waals surface area contributed by atoms with Crippen molar-refractivity contribution >= 4 is 17.3 Å². The van der Waals surface area contributed by atoms with Crippen molar-refractivity contribution in [1.29, 1.82) is 0 Å². The van der Waals surface area contributed by atoms with Gasteiger partial charge in [0.2, 0.25) is 0 Å². The van der Waals surface area contributed by atoms with Gasteiger partial charge in [0, 0.05) is 23.8 Å². The van der Waals surface area contributed by atoms with Gasteiger partial charge >= 0.3 is 0 Å². The molecule has 3 nitrogen and oxygen atoms in total. The van der Waals surface area contributed by atoms with Crippen molar-refractivity contribution in [2.75, 3.05) is 11.9 Å². The van der Waals surface area contributed by atoms with Crippen LogP contribution in [0.3, 0.4) is 0 Å². The maximum atomic E-state index is 9.39. The highest BCUT2D eigenvalue weighted by molar-refractivity contribution is 6.30. The predicted octanol–water partition coefficient (Wildman–Crippen LogP) is 3.42. The van der Waals surface area contributed by atoms with Crippen molar-refractivity contribution in [3.05, 3.63) is 58.9 Å². The Balaban J connectivity index is 2.30. The molecule has 19 heavy (non-hydrogen) atoms. The predicted molar refractivity (Wildman–Crippen MR) is 78.4 cm³/mol. The van der Waals surface area contributed by atoms with Gasteiger partial charge in [0.05, 0.1) is 24.5 Å². The summed E-state index contributed by atoms with van der Waals surface area (Å²) in [7, 11) is 1.99. The van der Waals surface area contributed by atoms with Gasteiger partial charge in [-0.05, 0) is 30.7 Å². The fourth-order valence-electron chi connectivity index (χ4n) is 2.06. The number of rotatable bonds is 4. The molecule has 0 radical (unpaired) electrons. The molecule has 100 valence electrons. The van der Waals surface area contributed by atoms with E-state index in [1.165, 1.54) is 0 Å². The standard InChI is InChI=1S/C15H17ClN2O/c1-11(12-4-3-5-14(16)8-12)18(2)15-9-17-7-6-13(15)10-19/h3-9,11,19H,10H2,1-2H3. The molecule has 1 atom stereocenters. The lowest BCUT2D eigenvalue weighted by molar-refractivity contribution is 0.282. The summed E-state index contributed by atoms with van der Waals surface area (Å²) in [5, 5.41) is 10.1. The van der Waals surface area contributed by atoms with E-state index in [0.29, 0.717) is 0 Å². The van der Waals surface area contributed by atoms with Gasteiger partial charge in [-0.25, -0.2) is 0 Å². The average Bonchev–Trinajstić information content (AvgIpc) is 2.45. The minimum Gasteiger partial charge on any atom is -0.392 e. The molecule has 1 unspecified atom stereocenters. The Morgan fingerprint density at radius 2 is 2.16 bits per heavy atom. The number of pyridine rings is 1. The number of aliphatic hydroxyl groups excluding tert-OH is 1. The Labute approximate surface area is 118 Å². The van der Waals surface area contributed by atoms with E-state index in [1.807, 2.05) is 37.4 Å². The van der Waals surface area contributed by atoms with Crippen molar-refractivity contribution in [2.24, 2.45) is 0 Å². The number of aromatic nitrogens is 1. The molecule has 2 aromatic rings. The number of anilines is 1. The van der Waals surface area contributed by atoms with Crippen LogP contribution in [0.5, 0.6) is 0 Å². The number of halogens is 1. The van der Waals surface area contributed by atoms with Crippen LogP contribution in [0.25, 0.3) is 0 Å². The van der Waals surface area contributed by atoms with E-state index in [1.54, 1.807) is 12.4 Å². The Morgan fingerprint density at radius 1 is 1.37 bits per heavy atom. The number of hydrogen-bond acceptors (Lipinski definition) is 3. The molecule has 0 fully saturated rings. The molecule has 1 heterocycles. The van der Waals surface area contributed by atoms with E-state index < -0.39 is 0 Å². The van der Waals surface area contributed by atoms with Gasteiger partial charge in [0.15, 0.2) is 0 Å². The Bertz CT molecular complexity index is 559. The third-order valence-corrected chi connectivity index (χ3v) is 3.59. The first-order valence-corrected chi connectivity index (χ1v) is 6.53. The van der Waals surface area contributed by atoms with Crippen molar-refractivity contribution < 1.29 is 5.11 Å². The van der Waals surface area contributed by atoms with Gasteiger partial charge in [0.25, 0.3) is 0 Å². The zero-order chi connectivity index (χ0) is 13.8. The lowest BCUT2D eigenvalue weighted by atomic mass is 10.1. The third kappa shape index (κ3) is 3.06. The highest BCUT2D eigenvalue weighted by Gasteiger charge is 2.15. The minimum absolute atomic E-state index is 0.00442. The van der Waals surface area contributed by atoms with Crippen LogP contribution in [-0.4, -0.2) is 17.1 Å². The Kier molecular flexibility index (Phi) is 4.40. The number of hydrogen-bond donors (Lipinski definition) is 1. The maximum Gasteiger partial charge on any atom is 0.0703 e. The maximum absolute atomic E-state index is 9.39. The van der Waals surface area contributed by atoms with E-state index >= 15 is 0 Å². The molecular formula is C15H17ClN2O. The van der Waals surface area contributed by atoms with Crippen molar-refractivity contribution in [3.8, 4) is 0 Å². The molecule has 0 bridgehead atoms. The molecule has 0 amide bonds. The highest BCUT2D eigenvalue weighted by Crippen LogP contribution is 2.28. The number of aliphatic hydroxyl groups is 1. The fourth-order valence-corrected chi connectivity index (χ4v) is 2.26. The van der Waals surface area contributed by atoms with E-state index in [-0.39, 0.29) is 12.6 Å². The van der Waals surface area contributed by atoms with Gasteiger partial charge in [-0.15, -0.1) is 0 Å². The molecule has 1 aromatic carbocycles. The summed E-state index contributed by atoms with van der Waals surface area (Å²) in [5.74, 6) is 0. The summed E-state index contributed by atoms with van der Waals surface area (Å²) in [6.45, 7) is 2.10. The van der Waals surface area contributed by atoms with Gasteiger partial charge in [-0.1, -0.05) is 23.7 Å². The molecule has 0 aliphatic rings. The van der Waals surface area contributed by atoms with Crippen LogP contribution < -0.4 is 4.90 Å². The molecule has 4 heteroatoms. The summed E-state index contributed by atoms with van der Waals surface area (Å²) in [6.07, 6.45) is 3.46. The monoisotopic (exact) mass is 276 g/mol. The van der Waals surface area contributed by atoms with E-state index in [9.17, 15) is 5.11 Å². The van der Waals surface area contributed by atoms with Gasteiger partial charge in [-0.3, -0.25) is 4.98 Å². The summed E-state index contributed by atoms with van der Waals surface area (Å²) < 4.78 is 0. The summed E-state index contributed by atoms with van der Waals surface area (Å²) in [4.78, 5) is 6.22. The van der Waals surface area contributed by atoms with E-state index in [4.69, 9.17) is 11.6 Å². The fraction of sp³-hybridized carbons (Fsp3) is 0.267. The van der Waals surface area contributed by atoms with E-state index in [0.717, 1.165) is 21.8 Å². The summed E-state index contributed by atoms with van der Waals surface area (Å²) in [5.41, 5.74) is 2.92. The lowest BCUT2D eigenvalue weighted by Crippen LogP contribution is -2.23. The molecule has 2 rings (SSSR count). The van der Waals surface area contributed by atoms with Gasteiger partial charge in [0.1, 0.15) is 0 Å². The molecule has 1 aromatic heterocycles. The first-order valence-electron chi connectivity index (χ1n) is 6.15. The van der Waals surface area contributed by atoms with E-state index in [2.05, 4.69) is 16.8 Å². The van der Waals surface area contributed by atoms with Crippen LogP contribution in [0.15, 0.2) is 42.7 Å². The molecule has 0 aliphatic heterocycles. The first kappa shape index (κ1) is 13.8. The second-order valence-corrected chi connectivity index (χ2v) is 4.94. The molecule has 0 saturated heterocycles. The highest BCUT2D eigenvalue weighted by atomic mass is 35.5. The molecule has 0 aliphatic carbocycles. The van der Waals surface area contributed by atoms with Gasteiger partial charge in [-0.2, -0.15) is 0 Å². The van der Waals surface area contributed by atoms with Crippen molar-refractivity contribution in [1.82, 2.24) is 4.98 Å². The largest absolute Gasteiger partial charge is 0.392 e. The van der Waals surface area contributed by atoms with Crippen LogP contribution in [0.4, 0.5) is 5.69 Å². The first-order chi connectivity index (χ1) is 9.13. The van der Waals surface area contributed by atoms with Crippen LogP contribution in [0.1, 0.15) is 24.1 Å². The lowest BCUT2D eigenvalue weighted by Gasteiger charge is -2.28. The topological polar surface area (TPSA) is 36.4 Å². The summed E-state index contributed by atoms with van der Waals surface area (Å²) in [6, 6.07) is 9.78. The molecule has 0 saturated carbocycles. The van der Waals surface area contributed by atoms with Crippen LogP contribution in [0, 0.1) is 0 Å². The van der Waals surface area contributed by atoms with Crippen molar-refractivity contribution in [2.45, 2.75) is 19.6 Å². The van der Waals surface area contributed by atoms with Crippen LogP contribution >= 0.6 is 11.6 Å². The molecule has 1 N–H and O–H groups in total. The summed E-state index contributed by atoms with van der Waals surface area (Å²) >= 11 is 6.03. The minimum atomic E-state index is 0.00442. The molecular weight excluding hydrogens is 260 g/mol. The number of benzene rings is 1. The number of nitrogens with zero attached hydrogens (tertiary/aromatic N) is 2. The van der Waals surface area contributed by atoms with Crippen LogP contribution in [0.2, 0.25) is 5.02 Å².